The van der Waals surface area contributed by atoms with Crippen molar-refractivity contribution in [3.8, 4) is 5.75 Å². The van der Waals surface area contributed by atoms with Crippen LogP contribution in [0.25, 0.3) is 0 Å². The van der Waals surface area contributed by atoms with Crippen molar-refractivity contribution in [3.63, 3.8) is 0 Å². The van der Waals surface area contributed by atoms with Crippen molar-refractivity contribution in [2.75, 3.05) is 19.8 Å². The monoisotopic (exact) mass is 251 g/mol. The van der Waals surface area contributed by atoms with Crippen LogP contribution < -0.4 is 10.1 Å². The molecule has 1 amide bonds. The standard InChI is InChI=1S/C14H21NO3/c1-12(2)17-10-6-9-15-14(16)11-18-13-7-4-3-5-8-13/h3-5,7-8,12H,6,9-11H2,1-2H3,(H,15,16). The van der Waals surface area contributed by atoms with Crippen molar-refractivity contribution in [2.24, 2.45) is 0 Å². The third-order valence-electron chi connectivity index (χ3n) is 2.21. The van der Waals surface area contributed by atoms with Gasteiger partial charge < -0.3 is 14.8 Å². The third-order valence-corrected chi connectivity index (χ3v) is 2.21. The molecule has 0 heterocycles. The second-order valence-corrected chi connectivity index (χ2v) is 4.22. The first kappa shape index (κ1) is 14.5. The van der Waals surface area contributed by atoms with E-state index < -0.39 is 0 Å². The van der Waals surface area contributed by atoms with Gasteiger partial charge in [0, 0.05) is 13.2 Å². The normalized spacial score (nSPS) is 10.4. The Morgan fingerprint density at radius 3 is 2.67 bits per heavy atom. The number of carbonyl (C=O) groups is 1. The number of carbonyl (C=O) groups excluding carboxylic acids is 1. The molecule has 0 aromatic heterocycles. The predicted octanol–water partition coefficient (Wildman–Crippen LogP) is 2.00. The molecule has 0 saturated carbocycles. The molecule has 100 valence electrons. The van der Waals surface area contributed by atoms with Crippen LogP contribution in [0.3, 0.4) is 0 Å². The number of hydrogen-bond acceptors (Lipinski definition) is 3. The van der Waals surface area contributed by atoms with E-state index in [9.17, 15) is 4.79 Å². The summed E-state index contributed by atoms with van der Waals surface area (Å²) < 4.78 is 10.7. The molecule has 0 aliphatic rings. The van der Waals surface area contributed by atoms with Gasteiger partial charge in [0.25, 0.3) is 5.91 Å². The molecule has 0 aliphatic carbocycles. The average Bonchev–Trinajstić information content (AvgIpc) is 2.37. The Morgan fingerprint density at radius 2 is 2.00 bits per heavy atom. The first-order valence-corrected chi connectivity index (χ1v) is 6.24. The highest BCUT2D eigenvalue weighted by Gasteiger charge is 2.01. The molecule has 1 aromatic carbocycles. The highest BCUT2D eigenvalue weighted by Crippen LogP contribution is 2.07. The molecular formula is C14H21NO3. The molecule has 0 bridgehead atoms. The van der Waals surface area contributed by atoms with Crippen molar-refractivity contribution in [3.05, 3.63) is 30.3 Å². The Kier molecular flexibility index (Phi) is 6.87. The zero-order chi connectivity index (χ0) is 13.2. The molecular weight excluding hydrogens is 230 g/mol. The molecule has 1 N–H and O–H groups in total. The van der Waals surface area contributed by atoms with Crippen LogP contribution in [0.15, 0.2) is 30.3 Å². The van der Waals surface area contributed by atoms with Gasteiger partial charge in [0.1, 0.15) is 5.75 Å². The first-order valence-electron chi connectivity index (χ1n) is 6.24. The number of rotatable bonds is 8. The number of benzene rings is 1. The van der Waals surface area contributed by atoms with Gasteiger partial charge in [-0.25, -0.2) is 0 Å². The third kappa shape index (κ3) is 6.91. The summed E-state index contributed by atoms with van der Waals surface area (Å²) in [6.45, 7) is 5.31. The number of hydrogen-bond donors (Lipinski definition) is 1. The maximum atomic E-state index is 11.4. The molecule has 0 spiro atoms. The zero-order valence-corrected chi connectivity index (χ0v) is 11.0. The minimum Gasteiger partial charge on any atom is -0.484 e. The van der Waals surface area contributed by atoms with E-state index in [0.29, 0.717) is 18.9 Å². The van der Waals surface area contributed by atoms with Crippen LogP contribution in [0, 0.1) is 0 Å². The van der Waals surface area contributed by atoms with Crippen molar-refractivity contribution in [2.45, 2.75) is 26.4 Å². The highest BCUT2D eigenvalue weighted by atomic mass is 16.5. The topological polar surface area (TPSA) is 47.6 Å². The van der Waals surface area contributed by atoms with Crippen LogP contribution in [0.5, 0.6) is 5.75 Å². The Bertz CT molecular complexity index is 338. The summed E-state index contributed by atoms with van der Waals surface area (Å²) in [7, 11) is 0. The number of ether oxygens (including phenoxy) is 2. The first-order chi connectivity index (χ1) is 8.68. The Hall–Kier alpha value is -1.55. The van der Waals surface area contributed by atoms with E-state index in [4.69, 9.17) is 9.47 Å². The second-order valence-electron chi connectivity index (χ2n) is 4.22. The maximum absolute atomic E-state index is 11.4. The molecule has 1 rings (SSSR count). The summed E-state index contributed by atoms with van der Waals surface area (Å²) in [5.41, 5.74) is 0. The van der Waals surface area contributed by atoms with Gasteiger partial charge in [-0.2, -0.15) is 0 Å². The van der Waals surface area contributed by atoms with Crippen molar-refractivity contribution < 1.29 is 14.3 Å². The molecule has 0 saturated heterocycles. The number of amides is 1. The van der Waals surface area contributed by atoms with E-state index in [1.54, 1.807) is 0 Å². The summed E-state index contributed by atoms with van der Waals surface area (Å²) in [6.07, 6.45) is 1.05. The Balaban J connectivity index is 2.04. The van der Waals surface area contributed by atoms with Gasteiger partial charge in [0.15, 0.2) is 6.61 Å². The minimum absolute atomic E-state index is 0.0506. The SMILES string of the molecule is CC(C)OCCCNC(=O)COc1ccccc1. The summed E-state index contributed by atoms with van der Waals surface area (Å²) >= 11 is 0. The Labute approximate surface area is 108 Å². The van der Waals surface area contributed by atoms with E-state index >= 15 is 0 Å². The molecule has 0 radical (unpaired) electrons. The smallest absolute Gasteiger partial charge is 0.257 e. The van der Waals surface area contributed by atoms with Crippen LogP contribution in [-0.4, -0.2) is 31.8 Å². The maximum Gasteiger partial charge on any atom is 0.257 e. The Morgan fingerprint density at radius 1 is 1.28 bits per heavy atom. The largest absolute Gasteiger partial charge is 0.484 e. The van der Waals surface area contributed by atoms with Gasteiger partial charge in [-0.05, 0) is 32.4 Å². The lowest BCUT2D eigenvalue weighted by Gasteiger charge is -2.09. The van der Waals surface area contributed by atoms with Crippen molar-refractivity contribution in [1.82, 2.24) is 5.32 Å². The van der Waals surface area contributed by atoms with Crippen LogP contribution in [0.4, 0.5) is 0 Å². The van der Waals surface area contributed by atoms with Crippen LogP contribution in [0.2, 0.25) is 0 Å². The summed E-state index contributed by atoms with van der Waals surface area (Å²) in [4.78, 5) is 11.4. The lowest BCUT2D eigenvalue weighted by molar-refractivity contribution is -0.123. The van der Waals surface area contributed by atoms with Crippen molar-refractivity contribution in [1.29, 1.82) is 0 Å². The predicted molar refractivity (Wildman–Crippen MR) is 70.7 cm³/mol. The van der Waals surface area contributed by atoms with Gasteiger partial charge in [0.2, 0.25) is 0 Å². The van der Waals surface area contributed by atoms with Gasteiger partial charge in [-0.3, -0.25) is 4.79 Å². The highest BCUT2D eigenvalue weighted by molar-refractivity contribution is 5.77. The van der Waals surface area contributed by atoms with Crippen LogP contribution in [-0.2, 0) is 9.53 Å². The van der Waals surface area contributed by atoms with Gasteiger partial charge >= 0.3 is 0 Å². The quantitative estimate of drug-likeness (QED) is 0.719. The average molecular weight is 251 g/mol. The van der Waals surface area contributed by atoms with E-state index in [1.807, 2.05) is 44.2 Å². The van der Waals surface area contributed by atoms with Crippen LogP contribution in [0.1, 0.15) is 20.3 Å². The lowest BCUT2D eigenvalue weighted by atomic mass is 10.3. The van der Waals surface area contributed by atoms with E-state index in [1.165, 1.54) is 0 Å². The molecule has 18 heavy (non-hydrogen) atoms. The zero-order valence-electron chi connectivity index (χ0n) is 11.0. The van der Waals surface area contributed by atoms with Gasteiger partial charge in [-0.1, -0.05) is 18.2 Å². The summed E-state index contributed by atoms with van der Waals surface area (Å²) in [5.74, 6) is 0.596. The van der Waals surface area contributed by atoms with Gasteiger partial charge in [0.05, 0.1) is 6.10 Å². The van der Waals surface area contributed by atoms with E-state index in [2.05, 4.69) is 5.32 Å². The molecule has 0 unspecified atom stereocenters. The fraction of sp³-hybridized carbons (Fsp3) is 0.500. The van der Waals surface area contributed by atoms with Gasteiger partial charge in [-0.15, -0.1) is 0 Å². The van der Waals surface area contributed by atoms with Crippen LogP contribution >= 0.6 is 0 Å². The fourth-order valence-electron chi connectivity index (χ4n) is 1.34. The summed E-state index contributed by atoms with van der Waals surface area (Å²) in [5, 5.41) is 2.78. The molecule has 1 aromatic rings. The molecule has 4 nitrogen and oxygen atoms in total. The van der Waals surface area contributed by atoms with E-state index in [0.717, 1.165) is 6.42 Å². The molecule has 0 aliphatic heterocycles. The fourth-order valence-corrected chi connectivity index (χ4v) is 1.34. The summed E-state index contributed by atoms with van der Waals surface area (Å²) in [6, 6.07) is 9.29. The number of nitrogens with one attached hydrogen (secondary N) is 1. The van der Waals surface area contributed by atoms with Crippen molar-refractivity contribution >= 4 is 5.91 Å². The number of para-hydroxylation sites is 1. The molecule has 0 fully saturated rings. The molecule has 0 atom stereocenters. The lowest BCUT2D eigenvalue weighted by Crippen LogP contribution is -2.30. The molecule has 4 heteroatoms. The minimum atomic E-state index is -0.108. The second kappa shape index (κ2) is 8.53. The van der Waals surface area contributed by atoms with E-state index in [-0.39, 0.29) is 18.6 Å².